The fourth-order valence-corrected chi connectivity index (χ4v) is 1.51. The molecule has 6 nitrogen and oxygen atoms in total. The average molecular weight is 326 g/mol. The van der Waals surface area contributed by atoms with Gasteiger partial charge in [0.15, 0.2) is 5.84 Å². The fraction of sp³-hybridized carbons (Fsp3) is 0.273. The Morgan fingerprint density at radius 1 is 1.48 bits per heavy atom. The predicted molar refractivity (Wildman–Crippen MR) is 69.5 cm³/mol. The van der Waals surface area contributed by atoms with E-state index in [4.69, 9.17) is 22.5 Å². The summed E-state index contributed by atoms with van der Waals surface area (Å²) in [5.74, 6) is -0.971. The molecular weight excluding hydrogens is 315 g/mol. The lowest BCUT2D eigenvalue weighted by atomic mass is 10.2. The molecule has 0 aliphatic heterocycles. The number of hydrogen-bond acceptors (Lipinski definition) is 4. The van der Waals surface area contributed by atoms with E-state index in [1.807, 2.05) is 0 Å². The highest BCUT2D eigenvalue weighted by Gasteiger charge is 2.27. The molecule has 0 saturated heterocycles. The lowest BCUT2D eigenvalue weighted by Crippen LogP contribution is -2.24. The zero-order valence-electron chi connectivity index (χ0n) is 10.4. The minimum Gasteiger partial charge on any atom is -0.409 e. The molecule has 0 aliphatic carbocycles. The number of benzene rings is 1. The van der Waals surface area contributed by atoms with Gasteiger partial charge < -0.3 is 21.0 Å². The van der Waals surface area contributed by atoms with Crippen LogP contribution in [-0.2, 0) is 9.53 Å². The number of nitrogens with one attached hydrogen (secondary N) is 1. The number of rotatable bonds is 5. The number of anilines is 1. The molecule has 1 rings (SSSR count). The molecule has 0 aromatic heterocycles. The Morgan fingerprint density at radius 3 is 2.67 bits per heavy atom. The van der Waals surface area contributed by atoms with E-state index in [9.17, 15) is 18.0 Å². The molecule has 10 heteroatoms. The van der Waals surface area contributed by atoms with Gasteiger partial charge in [-0.05, 0) is 18.2 Å². The van der Waals surface area contributed by atoms with Gasteiger partial charge in [-0.1, -0.05) is 16.8 Å². The van der Waals surface area contributed by atoms with Gasteiger partial charge in [-0.3, -0.25) is 4.79 Å². The largest absolute Gasteiger partial charge is 0.411 e. The summed E-state index contributed by atoms with van der Waals surface area (Å²) in [6.07, 6.45) is -4.50. The molecular formula is C11H11ClF3N3O3. The van der Waals surface area contributed by atoms with E-state index in [2.05, 4.69) is 15.2 Å². The predicted octanol–water partition coefficient (Wildman–Crippen LogP) is 1.95. The van der Waals surface area contributed by atoms with E-state index < -0.39 is 25.3 Å². The van der Waals surface area contributed by atoms with E-state index in [1.54, 1.807) is 0 Å². The Balaban J connectivity index is 2.61. The minimum atomic E-state index is -4.50. The number of nitrogens with zero attached hydrogens (tertiary/aromatic N) is 1. The molecule has 1 aromatic carbocycles. The number of alkyl halides is 3. The maximum Gasteiger partial charge on any atom is 0.411 e. The Bertz CT molecular complexity index is 549. The topological polar surface area (TPSA) is 96.9 Å². The number of carbonyl (C=O) groups excluding carboxylic acids is 1. The zero-order valence-corrected chi connectivity index (χ0v) is 11.2. The van der Waals surface area contributed by atoms with Crippen molar-refractivity contribution in [2.75, 3.05) is 18.5 Å². The average Bonchev–Trinajstić information content (AvgIpc) is 2.38. The molecule has 0 heterocycles. The normalized spacial score (nSPS) is 12.3. The van der Waals surface area contributed by atoms with Crippen molar-refractivity contribution in [1.29, 1.82) is 0 Å². The first kappa shape index (κ1) is 17.1. The van der Waals surface area contributed by atoms with Crippen molar-refractivity contribution in [3.63, 3.8) is 0 Å². The number of amides is 1. The van der Waals surface area contributed by atoms with Gasteiger partial charge in [0.2, 0.25) is 5.91 Å². The number of amidine groups is 1. The molecule has 0 radical (unpaired) electrons. The third-order valence-electron chi connectivity index (χ3n) is 2.15. The SMILES string of the molecule is N/C(=N/O)c1ccc(NC(=O)COCC(F)(F)F)c(Cl)c1. The van der Waals surface area contributed by atoms with Gasteiger partial charge in [0.25, 0.3) is 0 Å². The second kappa shape index (κ2) is 7.14. The monoisotopic (exact) mass is 325 g/mol. The summed E-state index contributed by atoms with van der Waals surface area (Å²) in [6, 6.07) is 4.09. The van der Waals surface area contributed by atoms with E-state index in [0.29, 0.717) is 5.56 Å². The van der Waals surface area contributed by atoms with Crippen LogP contribution in [0.25, 0.3) is 0 Å². The number of halogens is 4. The highest BCUT2D eigenvalue weighted by molar-refractivity contribution is 6.34. The third-order valence-corrected chi connectivity index (χ3v) is 2.46. The Morgan fingerprint density at radius 2 is 2.14 bits per heavy atom. The van der Waals surface area contributed by atoms with Crippen molar-refractivity contribution >= 4 is 29.0 Å². The van der Waals surface area contributed by atoms with Crippen LogP contribution in [0, 0.1) is 0 Å². The summed E-state index contributed by atoms with van der Waals surface area (Å²) in [7, 11) is 0. The molecule has 0 atom stereocenters. The van der Waals surface area contributed by atoms with Crippen LogP contribution in [0.1, 0.15) is 5.56 Å². The molecule has 0 unspecified atom stereocenters. The van der Waals surface area contributed by atoms with Crippen LogP contribution < -0.4 is 11.1 Å². The van der Waals surface area contributed by atoms with Crippen molar-refractivity contribution in [1.82, 2.24) is 0 Å². The summed E-state index contributed by atoms with van der Waals surface area (Å²) in [5.41, 5.74) is 5.82. The highest BCUT2D eigenvalue weighted by Crippen LogP contribution is 2.23. The van der Waals surface area contributed by atoms with Gasteiger partial charge >= 0.3 is 6.18 Å². The van der Waals surface area contributed by atoms with Crippen molar-refractivity contribution in [3.05, 3.63) is 28.8 Å². The second-order valence-corrected chi connectivity index (χ2v) is 4.24. The standard InChI is InChI=1S/C11H11ClF3N3O3/c12-7-3-6(10(16)18-20)1-2-8(7)17-9(19)4-21-5-11(13,14)15/h1-3,20H,4-5H2,(H2,16,18)(H,17,19). The molecule has 0 saturated carbocycles. The second-order valence-electron chi connectivity index (χ2n) is 3.84. The number of hydrogen-bond donors (Lipinski definition) is 3. The van der Waals surface area contributed by atoms with Crippen molar-refractivity contribution in [2.24, 2.45) is 10.9 Å². The summed E-state index contributed by atoms with van der Waals surface area (Å²) >= 11 is 5.85. The summed E-state index contributed by atoms with van der Waals surface area (Å²) < 4.78 is 39.7. The number of nitrogens with two attached hydrogens (primary N) is 1. The van der Waals surface area contributed by atoms with Crippen LogP contribution in [-0.4, -0.2) is 36.3 Å². The summed E-state index contributed by atoms with van der Waals surface area (Å²) in [6.45, 7) is -2.28. The quantitative estimate of drug-likeness (QED) is 0.333. The number of ether oxygens (including phenoxy) is 1. The summed E-state index contributed by atoms with van der Waals surface area (Å²) in [5, 5.41) is 13.6. The first-order valence-corrected chi connectivity index (χ1v) is 5.82. The highest BCUT2D eigenvalue weighted by atomic mass is 35.5. The van der Waals surface area contributed by atoms with E-state index in [0.717, 1.165) is 0 Å². The Hall–Kier alpha value is -2.00. The van der Waals surface area contributed by atoms with Crippen LogP contribution in [0.3, 0.4) is 0 Å². The molecule has 4 N–H and O–H groups in total. The van der Waals surface area contributed by atoms with Crippen LogP contribution in [0.5, 0.6) is 0 Å². The first-order chi connectivity index (χ1) is 9.73. The first-order valence-electron chi connectivity index (χ1n) is 5.44. The Kier molecular flexibility index (Phi) is 5.79. The van der Waals surface area contributed by atoms with Crippen molar-refractivity contribution < 1.29 is 27.9 Å². The maximum absolute atomic E-state index is 11.8. The molecule has 1 aromatic rings. The molecule has 0 bridgehead atoms. The molecule has 0 fully saturated rings. The third kappa shape index (κ3) is 5.88. The molecule has 1 amide bonds. The minimum absolute atomic E-state index is 0.0725. The lowest BCUT2D eigenvalue weighted by Gasteiger charge is -2.10. The van der Waals surface area contributed by atoms with Crippen LogP contribution in [0.2, 0.25) is 5.02 Å². The molecule has 0 spiro atoms. The lowest BCUT2D eigenvalue weighted by molar-refractivity contribution is -0.174. The van der Waals surface area contributed by atoms with Gasteiger partial charge in [0.05, 0.1) is 10.7 Å². The Labute approximate surface area is 122 Å². The molecule has 0 aliphatic rings. The van der Waals surface area contributed by atoms with E-state index in [1.165, 1.54) is 18.2 Å². The van der Waals surface area contributed by atoms with E-state index >= 15 is 0 Å². The maximum atomic E-state index is 11.8. The number of oxime groups is 1. The van der Waals surface area contributed by atoms with E-state index in [-0.39, 0.29) is 16.5 Å². The van der Waals surface area contributed by atoms with Gasteiger partial charge in [0.1, 0.15) is 13.2 Å². The smallest absolute Gasteiger partial charge is 0.409 e. The molecule has 116 valence electrons. The van der Waals surface area contributed by atoms with Crippen molar-refractivity contribution in [2.45, 2.75) is 6.18 Å². The molecule has 21 heavy (non-hydrogen) atoms. The fourth-order valence-electron chi connectivity index (χ4n) is 1.28. The van der Waals surface area contributed by atoms with Crippen molar-refractivity contribution in [3.8, 4) is 0 Å². The van der Waals surface area contributed by atoms with Gasteiger partial charge in [-0.2, -0.15) is 13.2 Å². The van der Waals surface area contributed by atoms with Crippen LogP contribution in [0.15, 0.2) is 23.4 Å². The van der Waals surface area contributed by atoms with Gasteiger partial charge in [-0.15, -0.1) is 0 Å². The zero-order chi connectivity index (χ0) is 16.0. The van der Waals surface area contributed by atoms with Gasteiger partial charge in [-0.25, -0.2) is 0 Å². The van der Waals surface area contributed by atoms with Crippen LogP contribution >= 0.6 is 11.6 Å². The van der Waals surface area contributed by atoms with Gasteiger partial charge in [0, 0.05) is 5.56 Å². The number of carbonyl (C=O) groups is 1. The summed E-state index contributed by atoms with van der Waals surface area (Å²) in [4.78, 5) is 11.4. The van der Waals surface area contributed by atoms with Crippen LogP contribution in [0.4, 0.5) is 18.9 Å².